The summed E-state index contributed by atoms with van der Waals surface area (Å²) in [6.45, 7) is 0. The van der Waals surface area contributed by atoms with Gasteiger partial charge in [0.05, 0.1) is 18.6 Å². The molecule has 1 rings (SSSR count). The molecule has 0 unspecified atom stereocenters. The number of hydrogen-bond acceptors (Lipinski definition) is 3. The van der Waals surface area contributed by atoms with Crippen LogP contribution in [0.3, 0.4) is 0 Å². The molecule has 1 N–H and O–H groups in total. The van der Waals surface area contributed by atoms with Crippen molar-refractivity contribution in [1.29, 1.82) is 0 Å². The van der Waals surface area contributed by atoms with E-state index in [1.807, 2.05) is 0 Å². The SMILES string of the molecule is COc1cc(F)ccc1NS(=O)(=O)CCCCl. The molecule has 0 aliphatic rings. The molecule has 0 aliphatic carbocycles. The van der Waals surface area contributed by atoms with Crippen molar-refractivity contribution in [3.63, 3.8) is 0 Å². The van der Waals surface area contributed by atoms with Crippen molar-refractivity contribution in [2.45, 2.75) is 6.42 Å². The summed E-state index contributed by atoms with van der Waals surface area (Å²) in [5.74, 6) is -0.177. The van der Waals surface area contributed by atoms with Crippen molar-refractivity contribution in [2.75, 3.05) is 23.5 Å². The van der Waals surface area contributed by atoms with Crippen molar-refractivity contribution in [2.24, 2.45) is 0 Å². The van der Waals surface area contributed by atoms with Gasteiger partial charge in [-0.2, -0.15) is 0 Å². The predicted molar refractivity (Wildman–Crippen MR) is 65.7 cm³/mol. The van der Waals surface area contributed by atoms with E-state index in [0.29, 0.717) is 6.42 Å². The molecule has 1 aromatic carbocycles. The molecule has 0 spiro atoms. The maximum atomic E-state index is 12.9. The van der Waals surface area contributed by atoms with Gasteiger partial charge in [0.15, 0.2) is 0 Å². The summed E-state index contributed by atoms with van der Waals surface area (Å²) in [7, 11) is -2.14. The van der Waals surface area contributed by atoms with Crippen LogP contribution in [0.25, 0.3) is 0 Å². The molecule has 0 saturated heterocycles. The fourth-order valence-corrected chi connectivity index (χ4v) is 2.63. The third-order valence-electron chi connectivity index (χ3n) is 1.98. The van der Waals surface area contributed by atoms with Crippen LogP contribution in [-0.4, -0.2) is 27.2 Å². The number of sulfonamides is 1. The average Bonchev–Trinajstić information content (AvgIpc) is 2.28. The second kappa shape index (κ2) is 6.07. The van der Waals surface area contributed by atoms with Gasteiger partial charge in [0.1, 0.15) is 11.6 Å². The van der Waals surface area contributed by atoms with Crippen LogP contribution in [0.4, 0.5) is 10.1 Å². The molecule has 96 valence electrons. The predicted octanol–water partition coefficient (Wildman–Crippen LogP) is 2.20. The number of anilines is 1. The van der Waals surface area contributed by atoms with Gasteiger partial charge in [0.2, 0.25) is 10.0 Å². The molecule has 0 radical (unpaired) electrons. The van der Waals surface area contributed by atoms with Crippen LogP contribution in [0.2, 0.25) is 0 Å². The summed E-state index contributed by atoms with van der Waals surface area (Å²) in [5, 5.41) is 0. The first-order chi connectivity index (χ1) is 7.98. The second-order valence-electron chi connectivity index (χ2n) is 3.31. The van der Waals surface area contributed by atoms with Crippen LogP contribution in [0.15, 0.2) is 18.2 Å². The third kappa shape index (κ3) is 4.40. The Morgan fingerprint density at radius 2 is 2.18 bits per heavy atom. The van der Waals surface area contributed by atoms with Crippen LogP contribution in [0, 0.1) is 5.82 Å². The Balaban J connectivity index is 2.87. The lowest BCUT2D eigenvalue weighted by Gasteiger charge is -2.11. The Morgan fingerprint density at radius 3 is 2.76 bits per heavy atom. The number of benzene rings is 1. The maximum Gasteiger partial charge on any atom is 0.232 e. The summed E-state index contributed by atoms with van der Waals surface area (Å²) in [4.78, 5) is 0. The Morgan fingerprint density at radius 1 is 1.47 bits per heavy atom. The lowest BCUT2D eigenvalue weighted by atomic mass is 10.3. The standard InChI is InChI=1S/C10H13ClFNO3S/c1-16-10-7-8(12)3-4-9(10)13-17(14,15)6-2-5-11/h3-4,7,13H,2,5-6H2,1H3. The van der Waals surface area contributed by atoms with Crippen LogP contribution in [-0.2, 0) is 10.0 Å². The highest BCUT2D eigenvalue weighted by atomic mass is 35.5. The molecule has 0 atom stereocenters. The number of alkyl halides is 1. The summed E-state index contributed by atoms with van der Waals surface area (Å²) in [5.41, 5.74) is 0.212. The lowest BCUT2D eigenvalue weighted by Crippen LogP contribution is -2.17. The first-order valence-electron chi connectivity index (χ1n) is 4.88. The van der Waals surface area contributed by atoms with E-state index in [-0.39, 0.29) is 23.1 Å². The highest BCUT2D eigenvalue weighted by Gasteiger charge is 2.13. The molecule has 7 heteroatoms. The normalized spacial score (nSPS) is 11.2. The smallest absolute Gasteiger partial charge is 0.232 e. The summed E-state index contributed by atoms with van der Waals surface area (Å²) in [6.07, 6.45) is 0.348. The van der Waals surface area contributed by atoms with Gasteiger partial charge in [0.25, 0.3) is 0 Å². The van der Waals surface area contributed by atoms with Crippen LogP contribution >= 0.6 is 11.6 Å². The van der Waals surface area contributed by atoms with Gasteiger partial charge >= 0.3 is 0 Å². The van der Waals surface area contributed by atoms with Gasteiger partial charge in [-0.25, -0.2) is 12.8 Å². The van der Waals surface area contributed by atoms with Gasteiger partial charge < -0.3 is 4.74 Å². The molecule has 0 fully saturated rings. The molecular weight excluding hydrogens is 269 g/mol. The Labute approximate surface area is 105 Å². The van der Waals surface area contributed by atoms with Gasteiger partial charge in [-0.15, -0.1) is 11.6 Å². The van der Waals surface area contributed by atoms with Gasteiger partial charge in [-0.05, 0) is 18.6 Å². The quantitative estimate of drug-likeness (QED) is 0.814. The molecule has 0 aliphatic heterocycles. The zero-order valence-electron chi connectivity index (χ0n) is 9.24. The van der Waals surface area contributed by atoms with E-state index in [0.717, 1.165) is 12.1 Å². The van der Waals surface area contributed by atoms with Crippen LogP contribution < -0.4 is 9.46 Å². The number of methoxy groups -OCH3 is 1. The summed E-state index contributed by atoms with van der Waals surface area (Å²) < 4.78 is 43.3. The average molecular weight is 282 g/mol. The number of rotatable bonds is 6. The largest absolute Gasteiger partial charge is 0.494 e. The number of halogens is 2. The third-order valence-corrected chi connectivity index (χ3v) is 3.60. The first-order valence-corrected chi connectivity index (χ1v) is 7.07. The molecule has 0 bridgehead atoms. The lowest BCUT2D eigenvalue weighted by molar-refractivity contribution is 0.413. The van der Waals surface area contributed by atoms with E-state index in [4.69, 9.17) is 16.3 Å². The molecular formula is C10H13ClFNO3S. The zero-order chi connectivity index (χ0) is 12.9. The van der Waals surface area contributed by atoms with Crippen molar-refractivity contribution in [1.82, 2.24) is 0 Å². The number of nitrogens with one attached hydrogen (secondary N) is 1. The highest BCUT2D eigenvalue weighted by Crippen LogP contribution is 2.25. The van der Waals surface area contributed by atoms with Crippen LogP contribution in [0.1, 0.15) is 6.42 Å². The van der Waals surface area contributed by atoms with Crippen molar-refractivity contribution in [3.8, 4) is 5.75 Å². The monoisotopic (exact) mass is 281 g/mol. The van der Waals surface area contributed by atoms with E-state index in [9.17, 15) is 12.8 Å². The zero-order valence-corrected chi connectivity index (χ0v) is 10.8. The number of hydrogen-bond donors (Lipinski definition) is 1. The van der Waals surface area contributed by atoms with Crippen LogP contribution in [0.5, 0.6) is 5.75 Å². The molecule has 0 amide bonds. The summed E-state index contributed by atoms with van der Waals surface area (Å²) >= 11 is 5.42. The minimum Gasteiger partial charge on any atom is -0.494 e. The van der Waals surface area contributed by atoms with E-state index < -0.39 is 15.8 Å². The van der Waals surface area contributed by atoms with E-state index in [2.05, 4.69) is 4.72 Å². The van der Waals surface area contributed by atoms with Gasteiger partial charge in [-0.1, -0.05) is 0 Å². The molecule has 0 heterocycles. The Hall–Kier alpha value is -1.01. The fraction of sp³-hybridized carbons (Fsp3) is 0.400. The summed E-state index contributed by atoms with van der Waals surface area (Å²) in [6, 6.07) is 3.58. The van der Waals surface area contributed by atoms with E-state index >= 15 is 0 Å². The first kappa shape index (κ1) is 14.1. The highest BCUT2D eigenvalue weighted by molar-refractivity contribution is 7.92. The minimum absolute atomic E-state index is 0.0863. The topological polar surface area (TPSA) is 55.4 Å². The van der Waals surface area contributed by atoms with Gasteiger partial charge in [-0.3, -0.25) is 4.72 Å². The Bertz CT molecular complexity index is 478. The molecule has 0 aromatic heterocycles. The van der Waals surface area contributed by atoms with Crippen molar-refractivity contribution in [3.05, 3.63) is 24.0 Å². The molecule has 1 aromatic rings. The van der Waals surface area contributed by atoms with E-state index in [1.54, 1.807) is 0 Å². The van der Waals surface area contributed by atoms with Crippen molar-refractivity contribution < 1.29 is 17.5 Å². The van der Waals surface area contributed by atoms with Crippen molar-refractivity contribution >= 4 is 27.3 Å². The molecule has 4 nitrogen and oxygen atoms in total. The second-order valence-corrected chi connectivity index (χ2v) is 5.53. The molecule has 17 heavy (non-hydrogen) atoms. The Kier molecular flexibility index (Phi) is 5.02. The maximum absolute atomic E-state index is 12.9. The fourth-order valence-electron chi connectivity index (χ4n) is 1.21. The molecule has 0 saturated carbocycles. The van der Waals surface area contributed by atoms with Gasteiger partial charge in [0, 0.05) is 11.9 Å². The number of ether oxygens (including phenoxy) is 1. The minimum atomic E-state index is -3.48. The van der Waals surface area contributed by atoms with E-state index in [1.165, 1.54) is 13.2 Å².